The standard InChI is InChI=1S/C12H14FNO2/c1-9(15)14-6-7-16-12(8-14)10-2-4-11(13)5-3-10/h2-5,12H,6-8H2,1H3. The van der Waals surface area contributed by atoms with Gasteiger partial charge in [0.2, 0.25) is 5.91 Å². The Morgan fingerprint density at radius 3 is 2.75 bits per heavy atom. The van der Waals surface area contributed by atoms with Crippen LogP contribution in [-0.4, -0.2) is 30.5 Å². The van der Waals surface area contributed by atoms with E-state index in [0.29, 0.717) is 19.7 Å². The lowest BCUT2D eigenvalue weighted by Gasteiger charge is -2.32. The lowest BCUT2D eigenvalue weighted by Crippen LogP contribution is -2.41. The van der Waals surface area contributed by atoms with Gasteiger partial charge in [-0.15, -0.1) is 0 Å². The van der Waals surface area contributed by atoms with E-state index < -0.39 is 0 Å². The van der Waals surface area contributed by atoms with Crippen LogP contribution in [0.3, 0.4) is 0 Å². The molecule has 1 atom stereocenters. The second-order valence-electron chi connectivity index (χ2n) is 3.88. The monoisotopic (exact) mass is 223 g/mol. The van der Waals surface area contributed by atoms with Gasteiger partial charge in [0.1, 0.15) is 11.9 Å². The molecule has 0 N–H and O–H groups in total. The van der Waals surface area contributed by atoms with Crippen LogP contribution in [0.1, 0.15) is 18.6 Å². The highest BCUT2D eigenvalue weighted by atomic mass is 19.1. The number of nitrogens with zero attached hydrogens (tertiary/aromatic N) is 1. The van der Waals surface area contributed by atoms with E-state index in [0.717, 1.165) is 5.56 Å². The summed E-state index contributed by atoms with van der Waals surface area (Å²) in [6, 6.07) is 6.21. The molecule has 4 heteroatoms. The highest BCUT2D eigenvalue weighted by Gasteiger charge is 2.23. The van der Waals surface area contributed by atoms with Crippen molar-refractivity contribution in [2.75, 3.05) is 19.7 Å². The van der Waals surface area contributed by atoms with Crippen molar-refractivity contribution < 1.29 is 13.9 Å². The van der Waals surface area contributed by atoms with E-state index in [-0.39, 0.29) is 17.8 Å². The van der Waals surface area contributed by atoms with Gasteiger partial charge >= 0.3 is 0 Å². The quantitative estimate of drug-likeness (QED) is 0.725. The predicted octanol–water partition coefficient (Wildman–Crippen LogP) is 1.75. The van der Waals surface area contributed by atoms with Gasteiger partial charge in [0, 0.05) is 13.5 Å². The third kappa shape index (κ3) is 2.39. The average molecular weight is 223 g/mol. The van der Waals surface area contributed by atoms with Crippen LogP contribution >= 0.6 is 0 Å². The summed E-state index contributed by atoms with van der Waals surface area (Å²) < 4.78 is 18.3. The maximum absolute atomic E-state index is 12.8. The fourth-order valence-corrected chi connectivity index (χ4v) is 1.81. The molecule has 1 aromatic carbocycles. The van der Waals surface area contributed by atoms with Gasteiger partial charge in [-0.05, 0) is 17.7 Å². The molecule has 86 valence electrons. The lowest BCUT2D eigenvalue weighted by molar-refractivity contribution is -0.136. The van der Waals surface area contributed by atoms with Gasteiger partial charge in [-0.3, -0.25) is 4.79 Å². The van der Waals surface area contributed by atoms with Crippen molar-refractivity contribution in [3.8, 4) is 0 Å². The number of hydrogen-bond acceptors (Lipinski definition) is 2. The van der Waals surface area contributed by atoms with E-state index in [1.54, 1.807) is 24.0 Å². The number of benzene rings is 1. The van der Waals surface area contributed by atoms with E-state index >= 15 is 0 Å². The molecular formula is C12H14FNO2. The first-order valence-electron chi connectivity index (χ1n) is 5.29. The lowest BCUT2D eigenvalue weighted by atomic mass is 10.1. The van der Waals surface area contributed by atoms with Gasteiger partial charge in [-0.1, -0.05) is 12.1 Å². The summed E-state index contributed by atoms with van der Waals surface area (Å²) in [5.74, 6) is -0.210. The number of carbonyl (C=O) groups excluding carboxylic acids is 1. The van der Waals surface area contributed by atoms with Gasteiger partial charge in [0.25, 0.3) is 0 Å². The maximum Gasteiger partial charge on any atom is 0.219 e. The molecule has 1 aromatic rings. The second-order valence-corrected chi connectivity index (χ2v) is 3.88. The third-order valence-corrected chi connectivity index (χ3v) is 2.75. The molecule has 1 heterocycles. The van der Waals surface area contributed by atoms with E-state index in [1.807, 2.05) is 0 Å². The Morgan fingerprint density at radius 2 is 2.12 bits per heavy atom. The first-order chi connectivity index (χ1) is 7.66. The van der Waals surface area contributed by atoms with Crippen LogP contribution in [0.5, 0.6) is 0 Å². The summed E-state index contributed by atoms with van der Waals surface area (Å²) in [5, 5.41) is 0. The number of rotatable bonds is 1. The normalized spacial score (nSPS) is 20.9. The second kappa shape index (κ2) is 4.61. The zero-order valence-corrected chi connectivity index (χ0v) is 9.15. The third-order valence-electron chi connectivity index (χ3n) is 2.75. The molecule has 0 aromatic heterocycles. The van der Waals surface area contributed by atoms with Gasteiger partial charge in [0.15, 0.2) is 0 Å². The summed E-state index contributed by atoms with van der Waals surface area (Å²) in [6.45, 7) is 3.25. The van der Waals surface area contributed by atoms with Gasteiger partial charge < -0.3 is 9.64 Å². The van der Waals surface area contributed by atoms with Crippen LogP contribution in [0, 0.1) is 5.82 Å². The average Bonchev–Trinajstić information content (AvgIpc) is 2.30. The Morgan fingerprint density at radius 1 is 1.44 bits per heavy atom. The minimum atomic E-state index is -0.261. The summed E-state index contributed by atoms with van der Waals surface area (Å²) in [6.07, 6.45) is -0.141. The topological polar surface area (TPSA) is 29.5 Å². The van der Waals surface area contributed by atoms with E-state index in [1.165, 1.54) is 12.1 Å². The molecular weight excluding hydrogens is 209 g/mol. The van der Waals surface area contributed by atoms with Crippen LogP contribution in [0.15, 0.2) is 24.3 Å². The molecule has 2 rings (SSSR count). The molecule has 1 fully saturated rings. The van der Waals surface area contributed by atoms with Gasteiger partial charge in [-0.2, -0.15) is 0 Å². The van der Waals surface area contributed by atoms with E-state index in [9.17, 15) is 9.18 Å². The molecule has 16 heavy (non-hydrogen) atoms. The van der Waals surface area contributed by atoms with Crippen LogP contribution in [0.2, 0.25) is 0 Å². The van der Waals surface area contributed by atoms with Crippen molar-refractivity contribution in [3.63, 3.8) is 0 Å². The number of halogens is 1. The van der Waals surface area contributed by atoms with Crippen molar-refractivity contribution in [2.45, 2.75) is 13.0 Å². The molecule has 0 saturated carbocycles. The molecule has 0 bridgehead atoms. The summed E-state index contributed by atoms with van der Waals surface area (Å²) in [4.78, 5) is 13.0. The fourth-order valence-electron chi connectivity index (χ4n) is 1.81. The van der Waals surface area contributed by atoms with E-state index in [4.69, 9.17) is 4.74 Å². The molecule has 1 amide bonds. The van der Waals surface area contributed by atoms with E-state index in [2.05, 4.69) is 0 Å². The van der Waals surface area contributed by atoms with Gasteiger partial charge in [-0.25, -0.2) is 4.39 Å². The Balaban J connectivity index is 2.09. The van der Waals surface area contributed by atoms with Crippen LogP contribution in [0.25, 0.3) is 0 Å². The molecule has 1 unspecified atom stereocenters. The van der Waals surface area contributed by atoms with Crippen molar-refractivity contribution in [2.24, 2.45) is 0 Å². The predicted molar refractivity (Wildman–Crippen MR) is 57.3 cm³/mol. The van der Waals surface area contributed by atoms with Crippen LogP contribution in [0.4, 0.5) is 4.39 Å². The first-order valence-corrected chi connectivity index (χ1v) is 5.29. The molecule has 1 aliphatic rings. The largest absolute Gasteiger partial charge is 0.370 e. The first kappa shape index (κ1) is 11.1. The smallest absolute Gasteiger partial charge is 0.219 e. The van der Waals surface area contributed by atoms with Crippen molar-refractivity contribution >= 4 is 5.91 Å². The highest BCUT2D eigenvalue weighted by Crippen LogP contribution is 2.22. The zero-order chi connectivity index (χ0) is 11.5. The molecule has 0 aliphatic carbocycles. The van der Waals surface area contributed by atoms with Crippen molar-refractivity contribution in [1.29, 1.82) is 0 Å². The number of ether oxygens (including phenoxy) is 1. The van der Waals surface area contributed by atoms with Crippen molar-refractivity contribution in [1.82, 2.24) is 4.90 Å². The zero-order valence-electron chi connectivity index (χ0n) is 9.15. The molecule has 1 aliphatic heterocycles. The Bertz CT molecular complexity index is 377. The summed E-state index contributed by atoms with van der Waals surface area (Å²) in [5.41, 5.74) is 0.910. The van der Waals surface area contributed by atoms with Crippen molar-refractivity contribution in [3.05, 3.63) is 35.6 Å². The number of morpholine rings is 1. The Labute approximate surface area is 93.8 Å². The van der Waals surface area contributed by atoms with Crippen LogP contribution in [-0.2, 0) is 9.53 Å². The Kier molecular flexibility index (Phi) is 3.19. The molecule has 0 radical (unpaired) electrons. The SMILES string of the molecule is CC(=O)N1CCOC(c2ccc(F)cc2)C1. The highest BCUT2D eigenvalue weighted by molar-refractivity contribution is 5.73. The Hall–Kier alpha value is -1.42. The number of hydrogen-bond donors (Lipinski definition) is 0. The van der Waals surface area contributed by atoms with Crippen LogP contribution < -0.4 is 0 Å². The molecule has 0 spiro atoms. The van der Waals surface area contributed by atoms with Gasteiger partial charge in [0.05, 0.1) is 13.2 Å². The minimum absolute atomic E-state index is 0.0513. The summed E-state index contributed by atoms with van der Waals surface area (Å²) in [7, 11) is 0. The minimum Gasteiger partial charge on any atom is -0.370 e. The number of carbonyl (C=O) groups is 1. The molecule has 3 nitrogen and oxygen atoms in total. The number of amides is 1. The maximum atomic E-state index is 12.8. The molecule has 1 saturated heterocycles. The fraction of sp³-hybridized carbons (Fsp3) is 0.417. The summed E-state index contributed by atoms with van der Waals surface area (Å²) >= 11 is 0.